The number of nitrogens with zero attached hydrogens (tertiary/aromatic N) is 2. The lowest BCUT2D eigenvalue weighted by atomic mass is 9.85. The van der Waals surface area contributed by atoms with E-state index in [-0.39, 0.29) is 35.5 Å². The molecule has 4 unspecified atom stereocenters. The third-order valence-corrected chi connectivity index (χ3v) is 6.80. The van der Waals surface area contributed by atoms with Crippen molar-refractivity contribution in [3.8, 4) is 0 Å². The summed E-state index contributed by atoms with van der Waals surface area (Å²) in [7, 11) is 0. The van der Waals surface area contributed by atoms with Gasteiger partial charge in [-0.1, -0.05) is 30.4 Å². The number of rotatable bonds is 2. The fraction of sp³-hybridized carbons (Fsp3) is 0.304. The highest BCUT2D eigenvalue weighted by Crippen LogP contribution is 2.53. The van der Waals surface area contributed by atoms with Crippen LogP contribution in [0.3, 0.4) is 0 Å². The van der Waals surface area contributed by atoms with Gasteiger partial charge in [-0.15, -0.1) is 0 Å². The Morgan fingerprint density at radius 3 is 2.26 bits per heavy atom. The van der Waals surface area contributed by atoms with Gasteiger partial charge in [0.15, 0.2) is 0 Å². The van der Waals surface area contributed by atoms with Gasteiger partial charge in [-0.05, 0) is 49.4 Å². The van der Waals surface area contributed by atoms with E-state index >= 15 is 0 Å². The van der Waals surface area contributed by atoms with Crippen LogP contribution in [0.25, 0.3) is 21.8 Å². The first-order valence-corrected chi connectivity index (χ1v) is 9.76. The molecule has 3 aliphatic rings. The molecule has 1 saturated carbocycles. The maximum absolute atomic E-state index is 13.1. The Hall–Kier alpha value is -2.88. The molecule has 2 aliphatic carbocycles. The fourth-order valence-corrected chi connectivity index (χ4v) is 5.68. The second kappa shape index (κ2) is 5.10. The molecule has 0 N–H and O–H groups in total. The lowest BCUT2D eigenvalue weighted by molar-refractivity contribution is -0.123. The molecule has 2 bridgehead atoms. The number of carbonyl (C=O) groups is 2. The standard InChI is InChI=1S/C23H20N2O2/c1-2-24-18-6-4-3-5-16(18)17-12-15(9-10-19(17)24)25-22(26)20-13-7-8-14(11-13)21(20)23(25)27/h3-10,12-14,20-21H,2,11H2,1H3. The first-order chi connectivity index (χ1) is 13.2. The summed E-state index contributed by atoms with van der Waals surface area (Å²) in [5.74, 6) is 0.153. The maximum atomic E-state index is 13.1. The van der Waals surface area contributed by atoms with E-state index in [9.17, 15) is 9.59 Å². The Balaban J connectivity index is 1.52. The second-order valence-corrected chi connectivity index (χ2v) is 7.97. The summed E-state index contributed by atoms with van der Waals surface area (Å²) in [5.41, 5.74) is 3.04. The van der Waals surface area contributed by atoms with E-state index in [2.05, 4.69) is 41.8 Å². The van der Waals surface area contributed by atoms with Crippen LogP contribution in [0.2, 0.25) is 0 Å². The third kappa shape index (κ3) is 1.78. The van der Waals surface area contributed by atoms with Crippen molar-refractivity contribution >= 4 is 39.3 Å². The van der Waals surface area contributed by atoms with E-state index in [4.69, 9.17) is 0 Å². The van der Waals surface area contributed by atoms with E-state index < -0.39 is 0 Å². The van der Waals surface area contributed by atoms with Crippen molar-refractivity contribution in [2.24, 2.45) is 23.7 Å². The summed E-state index contributed by atoms with van der Waals surface area (Å²) < 4.78 is 2.28. The van der Waals surface area contributed by atoms with Crippen LogP contribution < -0.4 is 4.90 Å². The zero-order valence-corrected chi connectivity index (χ0v) is 15.1. The molecule has 1 aliphatic heterocycles. The van der Waals surface area contributed by atoms with Gasteiger partial charge in [-0.2, -0.15) is 0 Å². The zero-order valence-electron chi connectivity index (χ0n) is 15.1. The van der Waals surface area contributed by atoms with Crippen LogP contribution in [-0.4, -0.2) is 16.4 Å². The van der Waals surface area contributed by atoms with E-state index in [1.807, 2.05) is 24.3 Å². The van der Waals surface area contributed by atoms with E-state index in [0.29, 0.717) is 5.69 Å². The molecule has 1 saturated heterocycles. The lowest BCUT2D eigenvalue weighted by Crippen LogP contribution is -2.32. The number of imide groups is 1. The predicted octanol–water partition coefficient (Wildman–Crippen LogP) is 4.13. The van der Waals surface area contributed by atoms with Gasteiger partial charge in [0.25, 0.3) is 0 Å². The largest absolute Gasteiger partial charge is 0.341 e. The van der Waals surface area contributed by atoms with Crippen molar-refractivity contribution in [2.75, 3.05) is 4.90 Å². The van der Waals surface area contributed by atoms with E-state index in [1.54, 1.807) is 0 Å². The molecule has 6 rings (SSSR count). The van der Waals surface area contributed by atoms with Crippen LogP contribution in [0.4, 0.5) is 5.69 Å². The molecule has 4 heteroatoms. The molecule has 2 heterocycles. The second-order valence-electron chi connectivity index (χ2n) is 7.97. The van der Waals surface area contributed by atoms with Crippen LogP contribution >= 0.6 is 0 Å². The minimum absolute atomic E-state index is 0.0135. The minimum atomic E-state index is -0.153. The number of allylic oxidation sites excluding steroid dienone is 2. The number of carbonyl (C=O) groups excluding carboxylic acids is 2. The fourth-order valence-electron chi connectivity index (χ4n) is 5.68. The topological polar surface area (TPSA) is 42.3 Å². The van der Waals surface area contributed by atoms with Crippen LogP contribution in [-0.2, 0) is 16.1 Å². The molecule has 2 amide bonds. The quantitative estimate of drug-likeness (QED) is 0.512. The number of hydrogen-bond acceptors (Lipinski definition) is 2. The van der Waals surface area contributed by atoms with Gasteiger partial charge in [-0.3, -0.25) is 9.59 Å². The van der Waals surface area contributed by atoms with Crippen molar-refractivity contribution in [1.29, 1.82) is 0 Å². The van der Waals surface area contributed by atoms with Crippen LogP contribution in [0.1, 0.15) is 13.3 Å². The minimum Gasteiger partial charge on any atom is -0.341 e. The monoisotopic (exact) mass is 356 g/mol. The van der Waals surface area contributed by atoms with Gasteiger partial charge in [0.1, 0.15) is 0 Å². The summed E-state index contributed by atoms with van der Waals surface area (Å²) in [4.78, 5) is 27.7. The highest BCUT2D eigenvalue weighted by Gasteiger charge is 2.59. The van der Waals surface area contributed by atoms with Crippen LogP contribution in [0.15, 0.2) is 54.6 Å². The summed E-state index contributed by atoms with van der Waals surface area (Å²) in [6.45, 7) is 3.02. The Kier molecular flexibility index (Phi) is 2.87. The van der Waals surface area contributed by atoms with Gasteiger partial charge >= 0.3 is 0 Å². The molecule has 2 aromatic carbocycles. The molecule has 1 aromatic heterocycles. The maximum Gasteiger partial charge on any atom is 0.238 e. The van der Waals surface area contributed by atoms with Gasteiger partial charge in [0, 0.05) is 28.4 Å². The van der Waals surface area contributed by atoms with Crippen LogP contribution in [0.5, 0.6) is 0 Å². The summed E-state index contributed by atoms with van der Waals surface area (Å²) in [5, 5.41) is 2.26. The van der Waals surface area contributed by atoms with Crippen molar-refractivity contribution in [1.82, 2.24) is 4.57 Å². The summed E-state index contributed by atoms with van der Waals surface area (Å²) >= 11 is 0. The summed E-state index contributed by atoms with van der Waals surface area (Å²) in [6, 6.07) is 14.3. The Labute approximate surface area is 157 Å². The average molecular weight is 356 g/mol. The van der Waals surface area contributed by atoms with Gasteiger partial charge in [0.2, 0.25) is 11.8 Å². The molecular formula is C23H20N2O2. The van der Waals surface area contributed by atoms with Crippen molar-refractivity contribution in [3.63, 3.8) is 0 Å². The molecule has 27 heavy (non-hydrogen) atoms. The molecule has 4 atom stereocenters. The van der Waals surface area contributed by atoms with Crippen molar-refractivity contribution in [3.05, 3.63) is 54.6 Å². The SMILES string of the molecule is CCn1c2ccccc2c2cc(N3C(=O)C4C5C=CC(C5)C4C3=O)ccc21. The average Bonchev–Trinajstić information content (AvgIpc) is 3.43. The number of aryl methyl sites for hydroxylation is 1. The van der Waals surface area contributed by atoms with Crippen LogP contribution in [0, 0.1) is 23.7 Å². The molecule has 0 spiro atoms. The van der Waals surface area contributed by atoms with Gasteiger partial charge < -0.3 is 4.57 Å². The number of hydrogen-bond donors (Lipinski definition) is 0. The highest BCUT2D eigenvalue weighted by atomic mass is 16.2. The van der Waals surface area contributed by atoms with Gasteiger partial charge in [0.05, 0.1) is 17.5 Å². The highest BCUT2D eigenvalue weighted by molar-refractivity contribution is 6.23. The number of amides is 2. The summed E-state index contributed by atoms with van der Waals surface area (Å²) in [6.07, 6.45) is 5.24. The molecule has 2 fully saturated rings. The number of aromatic nitrogens is 1. The number of fused-ring (bicyclic) bond motifs is 8. The zero-order chi connectivity index (χ0) is 18.3. The lowest BCUT2D eigenvalue weighted by Gasteiger charge is -2.17. The smallest absolute Gasteiger partial charge is 0.238 e. The molecular weight excluding hydrogens is 336 g/mol. The Morgan fingerprint density at radius 2 is 1.56 bits per heavy atom. The number of anilines is 1. The predicted molar refractivity (Wildman–Crippen MR) is 105 cm³/mol. The molecule has 0 radical (unpaired) electrons. The Bertz CT molecular complexity index is 1140. The van der Waals surface area contributed by atoms with Gasteiger partial charge in [-0.25, -0.2) is 4.90 Å². The molecule has 3 aromatic rings. The number of para-hydroxylation sites is 1. The third-order valence-electron chi connectivity index (χ3n) is 6.80. The van der Waals surface area contributed by atoms with E-state index in [0.717, 1.165) is 29.3 Å². The van der Waals surface area contributed by atoms with Crippen molar-refractivity contribution < 1.29 is 9.59 Å². The van der Waals surface area contributed by atoms with Crippen molar-refractivity contribution in [2.45, 2.75) is 19.9 Å². The molecule has 4 nitrogen and oxygen atoms in total. The number of benzene rings is 2. The first kappa shape index (κ1) is 15.2. The Morgan fingerprint density at radius 1 is 0.889 bits per heavy atom. The first-order valence-electron chi connectivity index (χ1n) is 9.76. The normalized spacial score (nSPS) is 28.9. The van der Waals surface area contributed by atoms with E-state index in [1.165, 1.54) is 10.4 Å². The molecule has 134 valence electrons.